The summed E-state index contributed by atoms with van der Waals surface area (Å²) in [6, 6.07) is 1.31. The molecule has 1 aromatic rings. The van der Waals surface area contributed by atoms with Crippen LogP contribution in [-0.2, 0) is 6.18 Å². The first-order valence-electron chi connectivity index (χ1n) is 5.46. The van der Waals surface area contributed by atoms with Crippen LogP contribution in [0.2, 0.25) is 0 Å². The molecule has 0 unspecified atom stereocenters. The molecule has 0 radical (unpaired) electrons. The van der Waals surface area contributed by atoms with Gasteiger partial charge in [0.2, 0.25) is 0 Å². The minimum Gasteiger partial charge on any atom is -0.367 e. The van der Waals surface area contributed by atoms with Crippen molar-refractivity contribution in [1.82, 2.24) is 4.98 Å². The van der Waals surface area contributed by atoms with E-state index in [-0.39, 0.29) is 10.5 Å². The van der Waals surface area contributed by atoms with Gasteiger partial charge >= 0.3 is 6.18 Å². The third-order valence-corrected chi connectivity index (χ3v) is 3.50. The van der Waals surface area contributed by atoms with E-state index in [0.717, 1.165) is 31.7 Å². The second kappa shape index (κ2) is 4.84. The Kier molecular flexibility index (Phi) is 3.61. The van der Waals surface area contributed by atoms with Crippen molar-refractivity contribution in [3.8, 4) is 0 Å². The first kappa shape index (κ1) is 12.7. The van der Waals surface area contributed by atoms with Crippen molar-refractivity contribution in [3.63, 3.8) is 0 Å². The van der Waals surface area contributed by atoms with Crippen LogP contribution in [0.4, 0.5) is 19.0 Å². The van der Waals surface area contributed by atoms with Gasteiger partial charge in [-0.05, 0) is 34.8 Å². The predicted octanol–water partition coefficient (Wildman–Crippen LogP) is 4.22. The minimum atomic E-state index is -4.35. The molecular weight excluding hydrogens is 297 g/mol. The second-order valence-electron chi connectivity index (χ2n) is 4.17. The highest BCUT2D eigenvalue weighted by molar-refractivity contribution is 9.10. The van der Waals surface area contributed by atoms with Crippen LogP contribution < -0.4 is 5.32 Å². The zero-order valence-electron chi connectivity index (χ0n) is 9.02. The molecule has 2 rings (SSSR count). The number of rotatable bonds is 2. The summed E-state index contributed by atoms with van der Waals surface area (Å²) in [5, 5.41) is 3.05. The minimum absolute atomic E-state index is 0.0260. The molecule has 94 valence electrons. The Morgan fingerprint density at radius 1 is 1.29 bits per heavy atom. The zero-order valence-corrected chi connectivity index (χ0v) is 10.6. The Morgan fingerprint density at radius 3 is 2.53 bits per heavy atom. The maximum Gasteiger partial charge on any atom is 0.417 e. The lowest BCUT2D eigenvalue weighted by Gasteiger charge is -2.15. The molecule has 0 amide bonds. The number of aromatic nitrogens is 1. The van der Waals surface area contributed by atoms with Crippen LogP contribution in [0.1, 0.15) is 31.2 Å². The summed E-state index contributed by atoms with van der Waals surface area (Å²) in [5.41, 5.74) is -0.687. The molecule has 1 heterocycles. The van der Waals surface area contributed by atoms with Crippen LogP contribution in [0.3, 0.4) is 0 Å². The Hall–Kier alpha value is -0.780. The first-order valence-corrected chi connectivity index (χ1v) is 6.25. The summed E-state index contributed by atoms with van der Waals surface area (Å²) in [7, 11) is 0. The van der Waals surface area contributed by atoms with Crippen molar-refractivity contribution in [3.05, 3.63) is 22.3 Å². The van der Waals surface area contributed by atoms with E-state index in [2.05, 4.69) is 26.2 Å². The van der Waals surface area contributed by atoms with Gasteiger partial charge in [-0.3, -0.25) is 0 Å². The Balaban J connectivity index is 2.18. The summed E-state index contributed by atoms with van der Waals surface area (Å²) in [6.07, 6.45) is 1.09. The lowest BCUT2D eigenvalue weighted by atomic mass is 10.2. The third kappa shape index (κ3) is 3.12. The fraction of sp³-hybridized carbons (Fsp3) is 0.545. The van der Waals surface area contributed by atoms with Crippen LogP contribution in [0, 0.1) is 0 Å². The molecule has 1 aliphatic rings. The summed E-state index contributed by atoms with van der Waals surface area (Å²) in [5.74, 6) is 0.299. The molecule has 1 aliphatic carbocycles. The quantitative estimate of drug-likeness (QED) is 0.885. The number of hydrogen-bond acceptors (Lipinski definition) is 2. The van der Waals surface area contributed by atoms with E-state index >= 15 is 0 Å². The summed E-state index contributed by atoms with van der Waals surface area (Å²) < 4.78 is 37.9. The van der Waals surface area contributed by atoms with Gasteiger partial charge in [0.05, 0.1) is 5.56 Å². The van der Waals surface area contributed by atoms with E-state index in [0.29, 0.717) is 5.82 Å². The highest BCUT2D eigenvalue weighted by Gasteiger charge is 2.33. The van der Waals surface area contributed by atoms with Gasteiger partial charge in [-0.2, -0.15) is 13.2 Å². The van der Waals surface area contributed by atoms with Gasteiger partial charge in [-0.15, -0.1) is 0 Å². The summed E-state index contributed by atoms with van der Waals surface area (Å²) in [4.78, 5) is 3.96. The van der Waals surface area contributed by atoms with Gasteiger partial charge in [0.25, 0.3) is 0 Å². The lowest BCUT2D eigenvalue weighted by Crippen LogP contribution is -2.16. The van der Waals surface area contributed by atoms with Gasteiger partial charge in [0.15, 0.2) is 0 Å². The third-order valence-electron chi connectivity index (χ3n) is 2.87. The summed E-state index contributed by atoms with van der Waals surface area (Å²) in [6.45, 7) is 0. The van der Waals surface area contributed by atoms with Crippen molar-refractivity contribution in [1.29, 1.82) is 0 Å². The van der Waals surface area contributed by atoms with Gasteiger partial charge in [-0.1, -0.05) is 12.8 Å². The van der Waals surface area contributed by atoms with Gasteiger partial charge in [-0.25, -0.2) is 4.98 Å². The molecule has 1 aromatic heterocycles. The molecule has 0 atom stereocenters. The molecular formula is C11H12BrF3N2. The Labute approximate surface area is 106 Å². The molecule has 1 saturated carbocycles. The van der Waals surface area contributed by atoms with E-state index in [4.69, 9.17) is 0 Å². The highest BCUT2D eigenvalue weighted by Crippen LogP contribution is 2.35. The molecule has 0 bridgehead atoms. The molecule has 6 heteroatoms. The molecule has 2 nitrogen and oxygen atoms in total. The molecule has 0 aliphatic heterocycles. The van der Waals surface area contributed by atoms with Crippen molar-refractivity contribution in [2.75, 3.05) is 5.32 Å². The van der Waals surface area contributed by atoms with Gasteiger partial charge in [0, 0.05) is 16.7 Å². The number of nitrogens with zero attached hydrogens (tertiary/aromatic N) is 1. The van der Waals surface area contributed by atoms with E-state index in [9.17, 15) is 13.2 Å². The fourth-order valence-electron chi connectivity index (χ4n) is 2.01. The number of hydrogen-bond donors (Lipinski definition) is 1. The van der Waals surface area contributed by atoms with Crippen LogP contribution >= 0.6 is 15.9 Å². The van der Waals surface area contributed by atoms with Gasteiger partial charge < -0.3 is 5.32 Å². The largest absolute Gasteiger partial charge is 0.417 e. The van der Waals surface area contributed by atoms with E-state index < -0.39 is 11.7 Å². The topological polar surface area (TPSA) is 24.9 Å². The van der Waals surface area contributed by atoms with Crippen LogP contribution in [0.15, 0.2) is 16.7 Å². The molecule has 17 heavy (non-hydrogen) atoms. The van der Waals surface area contributed by atoms with E-state index in [1.807, 2.05) is 0 Å². The zero-order chi connectivity index (χ0) is 12.5. The predicted molar refractivity (Wildman–Crippen MR) is 62.8 cm³/mol. The smallest absolute Gasteiger partial charge is 0.367 e. The van der Waals surface area contributed by atoms with Crippen molar-refractivity contribution >= 4 is 21.7 Å². The molecule has 1 fully saturated rings. The summed E-state index contributed by atoms with van der Waals surface area (Å²) >= 11 is 2.87. The Morgan fingerprint density at radius 2 is 1.94 bits per heavy atom. The Bertz CT molecular complexity index is 400. The van der Waals surface area contributed by atoms with E-state index in [1.165, 1.54) is 6.20 Å². The molecule has 0 spiro atoms. The number of halogens is 4. The average molecular weight is 309 g/mol. The number of anilines is 1. The molecule has 0 aromatic carbocycles. The SMILES string of the molecule is FC(F)(F)c1cc(NC2CCCC2)ncc1Br. The van der Waals surface area contributed by atoms with Crippen LogP contribution in [-0.4, -0.2) is 11.0 Å². The monoisotopic (exact) mass is 308 g/mol. The maximum atomic E-state index is 12.7. The molecule has 1 N–H and O–H groups in total. The van der Waals surface area contributed by atoms with Crippen LogP contribution in [0.5, 0.6) is 0 Å². The standard InChI is InChI=1S/C11H12BrF3N2/c12-9-6-16-10(5-8(9)11(13,14)15)17-7-3-1-2-4-7/h5-7H,1-4H2,(H,16,17). The van der Waals surface area contributed by atoms with Crippen molar-refractivity contribution in [2.45, 2.75) is 37.9 Å². The number of alkyl halides is 3. The highest BCUT2D eigenvalue weighted by atomic mass is 79.9. The van der Waals surface area contributed by atoms with Gasteiger partial charge in [0.1, 0.15) is 5.82 Å². The van der Waals surface area contributed by atoms with Crippen LogP contribution in [0.25, 0.3) is 0 Å². The van der Waals surface area contributed by atoms with Crippen molar-refractivity contribution in [2.24, 2.45) is 0 Å². The molecule has 0 saturated heterocycles. The maximum absolute atomic E-state index is 12.7. The first-order chi connectivity index (χ1) is 7.97. The number of pyridine rings is 1. The number of nitrogens with one attached hydrogen (secondary N) is 1. The van der Waals surface area contributed by atoms with Crippen molar-refractivity contribution < 1.29 is 13.2 Å². The fourth-order valence-corrected chi connectivity index (χ4v) is 2.46. The second-order valence-corrected chi connectivity index (χ2v) is 5.03. The normalized spacial score (nSPS) is 17.4. The lowest BCUT2D eigenvalue weighted by molar-refractivity contribution is -0.138. The van der Waals surface area contributed by atoms with E-state index in [1.54, 1.807) is 0 Å². The average Bonchev–Trinajstić information content (AvgIpc) is 2.72.